The zero-order valence-electron chi connectivity index (χ0n) is 12.5. The first-order valence-corrected chi connectivity index (χ1v) is 8.48. The molecule has 0 spiro atoms. The minimum Gasteiger partial charge on any atom is -0.390 e. The van der Waals surface area contributed by atoms with E-state index in [1.165, 1.54) is 12.8 Å². The van der Waals surface area contributed by atoms with Gasteiger partial charge in [-0.25, -0.2) is 4.98 Å². The molecule has 4 heterocycles. The highest BCUT2D eigenvalue weighted by atomic mass is 35.5. The third-order valence-electron chi connectivity index (χ3n) is 4.99. The molecule has 2 saturated heterocycles. The second kappa shape index (κ2) is 5.10. The van der Waals surface area contributed by atoms with E-state index in [9.17, 15) is 5.11 Å². The summed E-state index contributed by atoms with van der Waals surface area (Å²) in [5.41, 5.74) is 1.23. The Morgan fingerprint density at radius 1 is 1.27 bits per heavy atom. The van der Waals surface area contributed by atoms with E-state index in [0.717, 1.165) is 30.7 Å². The van der Waals surface area contributed by atoms with Gasteiger partial charge in [-0.05, 0) is 38.7 Å². The first kappa shape index (κ1) is 14.8. The average molecular weight is 340 g/mol. The van der Waals surface area contributed by atoms with Crippen LogP contribution in [0.5, 0.6) is 0 Å². The minimum atomic E-state index is -0.516. The fraction of sp³-hybridized carbons (Fsp3) is 0.562. The third-order valence-corrected chi connectivity index (χ3v) is 5.47. The summed E-state index contributed by atoms with van der Waals surface area (Å²) in [6.07, 6.45) is 7.86. The predicted octanol–water partition coefficient (Wildman–Crippen LogP) is 3.52. The molecule has 4 nitrogen and oxygen atoms in total. The number of aliphatic hydroxyl groups is 1. The molecule has 0 saturated carbocycles. The molecule has 3 atom stereocenters. The molecule has 2 aliphatic heterocycles. The number of halogens is 2. The number of aromatic nitrogens is 2. The van der Waals surface area contributed by atoms with Gasteiger partial charge in [-0.2, -0.15) is 0 Å². The summed E-state index contributed by atoms with van der Waals surface area (Å²) >= 11 is 12.3. The van der Waals surface area contributed by atoms with Crippen LogP contribution < -0.4 is 0 Å². The lowest BCUT2D eigenvalue weighted by Crippen LogP contribution is -2.49. The van der Waals surface area contributed by atoms with Crippen LogP contribution in [0.1, 0.15) is 38.3 Å². The summed E-state index contributed by atoms with van der Waals surface area (Å²) in [5.74, 6) is 0. The van der Waals surface area contributed by atoms with Crippen LogP contribution in [-0.2, 0) is 6.54 Å². The van der Waals surface area contributed by atoms with Gasteiger partial charge in [0.05, 0.1) is 21.3 Å². The minimum absolute atomic E-state index is 0.456. The highest BCUT2D eigenvalue weighted by molar-refractivity contribution is 6.36. The number of fused-ring (bicyclic) bond motifs is 3. The van der Waals surface area contributed by atoms with Crippen LogP contribution in [0.2, 0.25) is 10.0 Å². The maximum absolute atomic E-state index is 10.3. The molecule has 22 heavy (non-hydrogen) atoms. The summed E-state index contributed by atoms with van der Waals surface area (Å²) in [7, 11) is 0. The fourth-order valence-electron chi connectivity index (χ4n) is 4.15. The van der Waals surface area contributed by atoms with Crippen molar-refractivity contribution >= 4 is 28.8 Å². The molecule has 2 fully saturated rings. The number of imidazole rings is 1. The largest absolute Gasteiger partial charge is 0.390 e. The maximum atomic E-state index is 10.3. The molecule has 0 radical (unpaired) electrons. The van der Waals surface area contributed by atoms with Crippen LogP contribution in [0.25, 0.3) is 5.65 Å². The van der Waals surface area contributed by atoms with Gasteiger partial charge in [-0.1, -0.05) is 23.2 Å². The Morgan fingerprint density at radius 3 is 2.64 bits per heavy atom. The average Bonchev–Trinajstić information content (AvgIpc) is 2.91. The Kier molecular flexibility index (Phi) is 3.42. The second-order valence-electron chi connectivity index (χ2n) is 6.93. The lowest BCUT2D eigenvalue weighted by molar-refractivity contribution is -0.0415. The van der Waals surface area contributed by atoms with Crippen LogP contribution in [-0.4, -0.2) is 37.1 Å². The molecule has 2 aromatic heterocycles. The van der Waals surface area contributed by atoms with Crippen LogP contribution in [0.3, 0.4) is 0 Å². The normalized spacial score (nSPS) is 32.0. The van der Waals surface area contributed by atoms with Gasteiger partial charge in [0.25, 0.3) is 0 Å². The van der Waals surface area contributed by atoms with Crippen molar-refractivity contribution in [3.63, 3.8) is 0 Å². The molecule has 4 rings (SSSR count). The summed E-state index contributed by atoms with van der Waals surface area (Å²) in [6, 6.07) is 2.63. The van der Waals surface area contributed by atoms with Crippen LogP contribution in [0, 0.1) is 0 Å². The van der Waals surface area contributed by atoms with Crippen molar-refractivity contribution in [1.82, 2.24) is 14.3 Å². The van der Waals surface area contributed by atoms with Gasteiger partial charge >= 0.3 is 0 Å². The molecular weight excluding hydrogens is 321 g/mol. The SMILES string of the molecule is CC1(O)C[C@H]2CC[C@@H](C1)N2Cc1cn2cc(Cl)cc(Cl)c2n1. The van der Waals surface area contributed by atoms with Gasteiger partial charge in [0.2, 0.25) is 0 Å². The van der Waals surface area contributed by atoms with Crippen molar-refractivity contribution in [2.24, 2.45) is 0 Å². The molecule has 6 heteroatoms. The molecule has 1 N–H and O–H groups in total. The van der Waals surface area contributed by atoms with Crippen LogP contribution in [0.15, 0.2) is 18.5 Å². The Labute approximate surface area is 139 Å². The van der Waals surface area contributed by atoms with Gasteiger partial charge in [0, 0.05) is 31.0 Å². The van der Waals surface area contributed by atoms with Gasteiger partial charge < -0.3 is 9.51 Å². The maximum Gasteiger partial charge on any atom is 0.156 e. The zero-order chi connectivity index (χ0) is 15.5. The smallest absolute Gasteiger partial charge is 0.156 e. The number of nitrogens with zero attached hydrogens (tertiary/aromatic N) is 3. The topological polar surface area (TPSA) is 40.8 Å². The third kappa shape index (κ3) is 2.52. The second-order valence-corrected chi connectivity index (χ2v) is 7.78. The molecule has 118 valence electrons. The van der Waals surface area contributed by atoms with Crippen molar-refractivity contribution < 1.29 is 5.11 Å². The molecule has 2 aliphatic rings. The van der Waals surface area contributed by atoms with E-state index >= 15 is 0 Å². The van der Waals surface area contributed by atoms with Crippen molar-refractivity contribution in [2.75, 3.05) is 0 Å². The van der Waals surface area contributed by atoms with Gasteiger partial charge in [0.1, 0.15) is 0 Å². The van der Waals surface area contributed by atoms with E-state index in [4.69, 9.17) is 23.2 Å². The Hall–Kier alpha value is -0.810. The molecule has 2 bridgehead atoms. The Balaban J connectivity index is 1.61. The highest BCUT2D eigenvalue weighted by Gasteiger charge is 2.45. The molecule has 0 aromatic carbocycles. The molecule has 0 amide bonds. The van der Waals surface area contributed by atoms with Gasteiger partial charge in [-0.3, -0.25) is 4.90 Å². The Bertz CT molecular complexity index is 711. The Morgan fingerprint density at radius 2 is 1.95 bits per heavy atom. The van der Waals surface area contributed by atoms with Crippen LogP contribution in [0.4, 0.5) is 0 Å². The van der Waals surface area contributed by atoms with E-state index in [2.05, 4.69) is 9.88 Å². The summed E-state index contributed by atoms with van der Waals surface area (Å²) < 4.78 is 1.89. The predicted molar refractivity (Wildman–Crippen MR) is 87.4 cm³/mol. The van der Waals surface area contributed by atoms with E-state index in [1.807, 2.05) is 23.7 Å². The molecule has 2 aromatic rings. The summed E-state index contributed by atoms with van der Waals surface area (Å²) in [6.45, 7) is 2.77. The summed E-state index contributed by atoms with van der Waals surface area (Å²) in [4.78, 5) is 7.14. The zero-order valence-corrected chi connectivity index (χ0v) is 14.0. The standard InChI is InChI=1S/C16H19Cl2N3O/c1-16(22)5-12-2-3-13(6-16)21(12)9-11-8-20-7-10(17)4-14(18)15(20)19-11/h4,7-8,12-13,22H,2-3,5-6,9H2,1H3/t12-,13+,16?. The first-order valence-electron chi connectivity index (χ1n) is 7.72. The lowest BCUT2D eigenvalue weighted by Gasteiger charge is -2.41. The van der Waals surface area contributed by atoms with E-state index in [-0.39, 0.29) is 0 Å². The number of hydrogen-bond donors (Lipinski definition) is 1. The van der Waals surface area contributed by atoms with Crippen molar-refractivity contribution in [3.05, 3.63) is 34.2 Å². The number of rotatable bonds is 2. The van der Waals surface area contributed by atoms with Crippen molar-refractivity contribution in [2.45, 2.75) is 56.8 Å². The highest BCUT2D eigenvalue weighted by Crippen LogP contribution is 2.41. The van der Waals surface area contributed by atoms with E-state index < -0.39 is 5.60 Å². The number of pyridine rings is 1. The monoisotopic (exact) mass is 339 g/mol. The van der Waals surface area contributed by atoms with Gasteiger partial charge in [-0.15, -0.1) is 0 Å². The van der Waals surface area contributed by atoms with Crippen LogP contribution >= 0.6 is 23.2 Å². The first-order chi connectivity index (χ1) is 10.4. The van der Waals surface area contributed by atoms with Crippen molar-refractivity contribution in [1.29, 1.82) is 0 Å². The molecule has 1 unspecified atom stereocenters. The van der Waals surface area contributed by atoms with Crippen molar-refractivity contribution in [3.8, 4) is 0 Å². The lowest BCUT2D eigenvalue weighted by atomic mass is 9.88. The van der Waals surface area contributed by atoms with E-state index in [1.54, 1.807) is 6.07 Å². The van der Waals surface area contributed by atoms with E-state index in [0.29, 0.717) is 22.1 Å². The fourth-order valence-corrected chi connectivity index (χ4v) is 4.68. The van der Waals surface area contributed by atoms with Gasteiger partial charge in [0.15, 0.2) is 5.65 Å². The summed E-state index contributed by atoms with van der Waals surface area (Å²) in [5, 5.41) is 11.5. The molecular formula is C16H19Cl2N3O. The quantitative estimate of drug-likeness (QED) is 0.909. The number of piperidine rings is 1. The number of hydrogen-bond acceptors (Lipinski definition) is 3. The molecule has 0 aliphatic carbocycles.